The van der Waals surface area contributed by atoms with Crippen molar-refractivity contribution in [3.05, 3.63) is 29.3 Å². The average molecular weight is 252 g/mol. The van der Waals surface area contributed by atoms with Gasteiger partial charge in [0.05, 0.1) is 19.8 Å². The van der Waals surface area contributed by atoms with Gasteiger partial charge in [0.15, 0.2) is 0 Å². The van der Waals surface area contributed by atoms with E-state index < -0.39 is 0 Å². The van der Waals surface area contributed by atoms with Crippen LogP contribution in [0.3, 0.4) is 0 Å². The predicted molar refractivity (Wildman–Crippen MR) is 73.9 cm³/mol. The quantitative estimate of drug-likeness (QED) is 0.716. The number of hydrogen-bond donors (Lipinski definition) is 3. The van der Waals surface area contributed by atoms with Crippen molar-refractivity contribution < 1.29 is 9.84 Å². The zero-order valence-electron chi connectivity index (χ0n) is 11.6. The second-order valence-electron chi connectivity index (χ2n) is 4.77. The van der Waals surface area contributed by atoms with E-state index in [4.69, 9.17) is 10.5 Å². The van der Waals surface area contributed by atoms with E-state index in [1.165, 1.54) is 5.56 Å². The summed E-state index contributed by atoms with van der Waals surface area (Å²) in [4.78, 5) is 0. The van der Waals surface area contributed by atoms with Gasteiger partial charge in [-0.25, -0.2) is 0 Å². The van der Waals surface area contributed by atoms with E-state index in [0.717, 1.165) is 11.3 Å². The lowest BCUT2D eigenvalue weighted by Gasteiger charge is -2.25. The Morgan fingerprint density at radius 1 is 1.39 bits per heavy atom. The van der Waals surface area contributed by atoms with Crippen LogP contribution in [-0.4, -0.2) is 31.9 Å². The molecular formula is C14H24N2O2. The molecule has 1 aromatic carbocycles. The number of nitrogens with two attached hydrogens (primary N) is 1. The fourth-order valence-electron chi connectivity index (χ4n) is 2.06. The minimum atomic E-state index is -0.355. The Morgan fingerprint density at radius 3 is 2.50 bits per heavy atom. The first kappa shape index (κ1) is 15.0. The fraction of sp³-hybridized carbons (Fsp3) is 0.571. The van der Waals surface area contributed by atoms with Crippen LogP contribution >= 0.6 is 0 Å². The van der Waals surface area contributed by atoms with Gasteiger partial charge in [-0.2, -0.15) is 0 Å². The van der Waals surface area contributed by atoms with Crippen molar-refractivity contribution in [2.45, 2.75) is 31.8 Å². The molecule has 2 atom stereocenters. The van der Waals surface area contributed by atoms with Crippen LogP contribution in [0.25, 0.3) is 0 Å². The molecule has 0 aliphatic rings. The van der Waals surface area contributed by atoms with Gasteiger partial charge >= 0.3 is 0 Å². The Morgan fingerprint density at radius 2 is 2.06 bits per heavy atom. The van der Waals surface area contributed by atoms with Crippen LogP contribution in [0, 0.1) is 0 Å². The van der Waals surface area contributed by atoms with E-state index in [1.54, 1.807) is 7.11 Å². The number of nitrogens with one attached hydrogen (secondary N) is 1. The summed E-state index contributed by atoms with van der Waals surface area (Å²) in [6.07, 6.45) is 0. The van der Waals surface area contributed by atoms with E-state index in [0.29, 0.717) is 5.92 Å². The summed E-state index contributed by atoms with van der Waals surface area (Å²) < 4.78 is 5.38. The lowest BCUT2D eigenvalue weighted by Crippen LogP contribution is -2.39. The molecule has 2 unspecified atom stereocenters. The molecule has 0 aromatic heterocycles. The third kappa shape index (κ3) is 3.22. The van der Waals surface area contributed by atoms with Gasteiger partial charge in [0, 0.05) is 11.6 Å². The van der Waals surface area contributed by atoms with Crippen LogP contribution in [0.15, 0.2) is 18.2 Å². The summed E-state index contributed by atoms with van der Waals surface area (Å²) in [5, 5.41) is 12.4. The maximum atomic E-state index is 9.23. The Kier molecular flexibility index (Phi) is 5.59. The normalized spacial score (nSPS) is 14.6. The summed E-state index contributed by atoms with van der Waals surface area (Å²) in [6, 6.07) is 5.64. The topological polar surface area (TPSA) is 67.5 Å². The largest absolute Gasteiger partial charge is 0.496 e. The third-order valence-electron chi connectivity index (χ3n) is 3.21. The molecule has 4 heteroatoms. The maximum absolute atomic E-state index is 9.23. The first-order valence-corrected chi connectivity index (χ1v) is 6.26. The summed E-state index contributed by atoms with van der Waals surface area (Å²) >= 11 is 0. The standard InChI is InChI=1S/C14H24N2O2/c1-9(2)10-5-6-13(18-4)11(7-10)14(16-3)12(15)8-17/h5-7,9,12,14,16-17H,8,15H2,1-4H3. The molecule has 0 saturated heterocycles. The first-order valence-electron chi connectivity index (χ1n) is 6.26. The Bertz CT molecular complexity index is 380. The van der Waals surface area contributed by atoms with Gasteiger partial charge in [-0.3, -0.25) is 0 Å². The molecule has 0 radical (unpaired) electrons. The Labute approximate surface area is 109 Å². The highest BCUT2D eigenvalue weighted by Crippen LogP contribution is 2.30. The number of ether oxygens (including phenoxy) is 1. The van der Waals surface area contributed by atoms with Crippen molar-refractivity contribution in [3.63, 3.8) is 0 Å². The average Bonchev–Trinajstić information content (AvgIpc) is 2.39. The fourth-order valence-corrected chi connectivity index (χ4v) is 2.06. The molecular weight excluding hydrogens is 228 g/mol. The number of hydrogen-bond acceptors (Lipinski definition) is 4. The van der Waals surface area contributed by atoms with Crippen molar-refractivity contribution in [2.24, 2.45) is 5.73 Å². The van der Waals surface area contributed by atoms with Gasteiger partial charge in [-0.1, -0.05) is 26.0 Å². The zero-order valence-corrected chi connectivity index (χ0v) is 11.6. The molecule has 0 saturated carbocycles. The molecule has 0 aliphatic heterocycles. The van der Waals surface area contributed by atoms with E-state index >= 15 is 0 Å². The third-order valence-corrected chi connectivity index (χ3v) is 3.21. The highest BCUT2D eigenvalue weighted by molar-refractivity contribution is 5.41. The molecule has 102 valence electrons. The predicted octanol–water partition coefficient (Wildman–Crippen LogP) is 1.40. The summed E-state index contributed by atoms with van der Waals surface area (Å²) in [5.74, 6) is 1.24. The molecule has 4 nitrogen and oxygen atoms in total. The smallest absolute Gasteiger partial charge is 0.123 e. The number of aliphatic hydroxyl groups is 1. The van der Waals surface area contributed by atoms with Gasteiger partial charge in [0.1, 0.15) is 5.75 Å². The van der Waals surface area contributed by atoms with E-state index in [1.807, 2.05) is 13.1 Å². The van der Waals surface area contributed by atoms with Crippen LogP contribution in [-0.2, 0) is 0 Å². The zero-order chi connectivity index (χ0) is 13.7. The molecule has 18 heavy (non-hydrogen) atoms. The van der Waals surface area contributed by atoms with E-state index in [9.17, 15) is 5.11 Å². The van der Waals surface area contributed by atoms with Gasteiger partial charge in [0.2, 0.25) is 0 Å². The number of methoxy groups -OCH3 is 1. The molecule has 4 N–H and O–H groups in total. The monoisotopic (exact) mass is 252 g/mol. The summed E-state index contributed by atoms with van der Waals surface area (Å²) in [7, 11) is 3.48. The van der Waals surface area contributed by atoms with Crippen molar-refractivity contribution in [1.29, 1.82) is 0 Å². The number of benzene rings is 1. The Balaban J connectivity index is 3.20. The van der Waals surface area contributed by atoms with Crippen molar-refractivity contribution in [2.75, 3.05) is 20.8 Å². The van der Waals surface area contributed by atoms with Gasteiger partial charge in [0.25, 0.3) is 0 Å². The molecule has 1 rings (SSSR count). The minimum absolute atomic E-state index is 0.0689. The van der Waals surface area contributed by atoms with Crippen LogP contribution in [0.5, 0.6) is 5.75 Å². The molecule has 0 fully saturated rings. The van der Waals surface area contributed by atoms with Crippen LogP contribution in [0.1, 0.15) is 36.9 Å². The molecule has 1 aromatic rings. The number of likely N-dealkylation sites (N-methyl/N-ethyl adjacent to an activating group) is 1. The Hall–Kier alpha value is -1.10. The van der Waals surface area contributed by atoms with E-state index in [2.05, 4.69) is 31.3 Å². The van der Waals surface area contributed by atoms with E-state index in [-0.39, 0.29) is 18.7 Å². The van der Waals surface area contributed by atoms with Crippen LogP contribution < -0.4 is 15.8 Å². The first-order chi connectivity index (χ1) is 8.54. The van der Waals surface area contributed by atoms with Gasteiger partial charge in [-0.15, -0.1) is 0 Å². The molecule has 0 amide bonds. The summed E-state index contributed by atoms with van der Waals surface area (Å²) in [6.45, 7) is 4.22. The van der Waals surface area contributed by atoms with Crippen LogP contribution in [0.4, 0.5) is 0 Å². The van der Waals surface area contributed by atoms with Crippen molar-refractivity contribution >= 4 is 0 Å². The van der Waals surface area contributed by atoms with Gasteiger partial charge < -0.3 is 20.9 Å². The summed E-state index contributed by atoms with van der Waals surface area (Å²) in [5.41, 5.74) is 8.17. The molecule has 0 heterocycles. The molecule has 0 spiro atoms. The molecule has 0 aliphatic carbocycles. The second kappa shape index (κ2) is 6.73. The SMILES string of the molecule is CNC(c1cc(C(C)C)ccc1OC)C(N)CO. The second-order valence-corrected chi connectivity index (χ2v) is 4.77. The highest BCUT2D eigenvalue weighted by atomic mass is 16.5. The van der Waals surface area contributed by atoms with Crippen LogP contribution in [0.2, 0.25) is 0 Å². The lowest BCUT2D eigenvalue weighted by atomic mass is 9.94. The highest BCUT2D eigenvalue weighted by Gasteiger charge is 2.21. The minimum Gasteiger partial charge on any atom is -0.496 e. The van der Waals surface area contributed by atoms with Crippen molar-refractivity contribution in [1.82, 2.24) is 5.32 Å². The maximum Gasteiger partial charge on any atom is 0.123 e. The lowest BCUT2D eigenvalue weighted by molar-refractivity contribution is 0.238. The van der Waals surface area contributed by atoms with Gasteiger partial charge in [-0.05, 0) is 24.6 Å². The van der Waals surface area contributed by atoms with Crippen molar-refractivity contribution in [3.8, 4) is 5.75 Å². The number of rotatable bonds is 6. The molecule has 0 bridgehead atoms. The number of aliphatic hydroxyl groups excluding tert-OH is 1.